The predicted molar refractivity (Wildman–Crippen MR) is 72.2 cm³/mol. The van der Waals surface area contributed by atoms with Gasteiger partial charge in [0.05, 0.1) is 25.1 Å². The Morgan fingerprint density at radius 1 is 1.68 bits per heavy atom. The van der Waals surface area contributed by atoms with Gasteiger partial charge in [-0.3, -0.25) is 0 Å². The van der Waals surface area contributed by atoms with E-state index in [2.05, 4.69) is 4.98 Å². The second-order valence-corrected chi connectivity index (χ2v) is 4.65. The Bertz CT molecular complexity index is 458. The van der Waals surface area contributed by atoms with Crippen molar-refractivity contribution in [3.05, 3.63) is 17.8 Å². The Labute approximate surface area is 112 Å². The molecule has 2 N–H and O–H groups in total. The summed E-state index contributed by atoms with van der Waals surface area (Å²) >= 11 is 0. The van der Waals surface area contributed by atoms with Gasteiger partial charge in [-0.25, -0.2) is 9.78 Å². The third-order valence-electron chi connectivity index (χ3n) is 3.16. The van der Waals surface area contributed by atoms with Gasteiger partial charge in [0.15, 0.2) is 0 Å². The molecule has 0 spiro atoms. The number of esters is 1. The molecule has 1 aromatic heterocycles. The molecule has 0 saturated carbocycles. The highest BCUT2D eigenvalue weighted by Gasteiger charge is 2.22. The van der Waals surface area contributed by atoms with Gasteiger partial charge >= 0.3 is 5.97 Å². The monoisotopic (exact) mass is 265 g/mol. The van der Waals surface area contributed by atoms with Crippen molar-refractivity contribution in [2.24, 2.45) is 0 Å². The zero-order valence-electron chi connectivity index (χ0n) is 11.3. The van der Waals surface area contributed by atoms with Gasteiger partial charge in [-0.15, -0.1) is 0 Å². The Morgan fingerprint density at radius 3 is 3.11 bits per heavy atom. The van der Waals surface area contributed by atoms with E-state index in [1.807, 2.05) is 11.9 Å². The van der Waals surface area contributed by atoms with E-state index in [9.17, 15) is 4.79 Å². The maximum Gasteiger partial charge on any atom is 0.341 e. The molecule has 0 amide bonds. The molecule has 1 saturated heterocycles. The van der Waals surface area contributed by atoms with E-state index in [1.54, 1.807) is 6.07 Å². The quantitative estimate of drug-likeness (QED) is 0.820. The summed E-state index contributed by atoms with van der Waals surface area (Å²) in [5, 5.41) is 0. The van der Waals surface area contributed by atoms with Crippen LogP contribution in [0.15, 0.2) is 12.3 Å². The van der Waals surface area contributed by atoms with Crippen molar-refractivity contribution >= 4 is 17.5 Å². The number of nitrogens with two attached hydrogens (primary N) is 1. The molecule has 1 aliphatic heterocycles. The number of pyridine rings is 1. The number of aromatic nitrogens is 1. The number of hydrogen-bond donors (Lipinski definition) is 1. The summed E-state index contributed by atoms with van der Waals surface area (Å²) in [6.07, 6.45) is 3.84. The minimum absolute atomic E-state index is 0.190. The summed E-state index contributed by atoms with van der Waals surface area (Å²) in [7, 11) is 3.22. The van der Waals surface area contributed by atoms with Crippen molar-refractivity contribution in [3.8, 4) is 0 Å². The number of hydrogen-bond acceptors (Lipinski definition) is 6. The molecule has 1 unspecified atom stereocenters. The molecule has 1 atom stereocenters. The van der Waals surface area contributed by atoms with Gasteiger partial charge in [0.25, 0.3) is 0 Å². The summed E-state index contributed by atoms with van der Waals surface area (Å²) in [4.78, 5) is 17.9. The van der Waals surface area contributed by atoms with Crippen molar-refractivity contribution in [2.75, 3.05) is 37.9 Å². The fourth-order valence-electron chi connectivity index (χ4n) is 2.22. The molecule has 1 fully saturated rings. The van der Waals surface area contributed by atoms with E-state index in [-0.39, 0.29) is 6.10 Å². The summed E-state index contributed by atoms with van der Waals surface area (Å²) in [5.74, 6) is 0.130. The molecule has 104 valence electrons. The maximum absolute atomic E-state index is 11.8. The van der Waals surface area contributed by atoms with Crippen LogP contribution < -0.4 is 10.6 Å². The molecule has 19 heavy (non-hydrogen) atoms. The number of anilines is 2. The van der Waals surface area contributed by atoms with Gasteiger partial charge in [0, 0.05) is 20.2 Å². The lowest BCUT2D eigenvalue weighted by Gasteiger charge is -2.23. The SMILES string of the molecule is COC(=O)c1cc(N)cnc1N(C)CC1CCCO1. The number of carbonyl (C=O) groups excluding carboxylic acids is 1. The number of ether oxygens (including phenoxy) is 2. The summed E-state index contributed by atoms with van der Waals surface area (Å²) in [5.41, 5.74) is 6.49. The van der Waals surface area contributed by atoms with E-state index < -0.39 is 5.97 Å². The molecule has 2 rings (SSSR count). The second kappa shape index (κ2) is 5.88. The van der Waals surface area contributed by atoms with Crippen LogP contribution in [0.25, 0.3) is 0 Å². The Morgan fingerprint density at radius 2 is 2.47 bits per heavy atom. The minimum Gasteiger partial charge on any atom is -0.465 e. The Balaban J connectivity index is 2.19. The molecule has 6 heteroatoms. The van der Waals surface area contributed by atoms with Crippen LogP contribution in [0.4, 0.5) is 11.5 Å². The zero-order valence-corrected chi connectivity index (χ0v) is 11.3. The molecule has 0 radical (unpaired) electrons. The van der Waals surface area contributed by atoms with Crippen LogP contribution in [0.2, 0.25) is 0 Å². The minimum atomic E-state index is -0.436. The summed E-state index contributed by atoms with van der Waals surface area (Å²) < 4.78 is 10.3. The van der Waals surface area contributed by atoms with E-state index in [1.165, 1.54) is 13.3 Å². The topological polar surface area (TPSA) is 77.7 Å². The molecule has 6 nitrogen and oxygen atoms in total. The largest absolute Gasteiger partial charge is 0.465 e. The molecule has 0 aliphatic carbocycles. The predicted octanol–water partition coefficient (Wildman–Crippen LogP) is 1.07. The number of rotatable bonds is 4. The lowest BCUT2D eigenvalue weighted by molar-refractivity contribution is 0.0600. The van der Waals surface area contributed by atoms with Crippen LogP contribution in [0.1, 0.15) is 23.2 Å². The van der Waals surface area contributed by atoms with Crippen LogP contribution in [-0.4, -0.2) is 44.4 Å². The number of methoxy groups -OCH3 is 1. The van der Waals surface area contributed by atoms with Crippen molar-refractivity contribution in [1.29, 1.82) is 0 Å². The maximum atomic E-state index is 11.8. The second-order valence-electron chi connectivity index (χ2n) is 4.65. The average molecular weight is 265 g/mol. The number of nitrogen functional groups attached to an aromatic ring is 1. The Hall–Kier alpha value is -1.82. The van der Waals surface area contributed by atoms with Crippen LogP contribution in [0.5, 0.6) is 0 Å². The number of likely N-dealkylation sites (N-methyl/N-ethyl adjacent to an activating group) is 1. The fraction of sp³-hybridized carbons (Fsp3) is 0.538. The van der Waals surface area contributed by atoms with Gasteiger partial charge in [0.1, 0.15) is 11.4 Å². The fourth-order valence-corrected chi connectivity index (χ4v) is 2.22. The molecule has 1 aliphatic rings. The lowest BCUT2D eigenvalue weighted by Crippen LogP contribution is -2.30. The normalized spacial score (nSPS) is 18.3. The Kier molecular flexibility index (Phi) is 4.21. The highest BCUT2D eigenvalue weighted by molar-refractivity contribution is 5.95. The molecule has 2 heterocycles. The van der Waals surface area contributed by atoms with Crippen LogP contribution >= 0.6 is 0 Å². The van der Waals surface area contributed by atoms with E-state index in [0.29, 0.717) is 23.6 Å². The van der Waals surface area contributed by atoms with Crippen molar-refractivity contribution in [1.82, 2.24) is 4.98 Å². The average Bonchev–Trinajstić information content (AvgIpc) is 2.90. The van der Waals surface area contributed by atoms with Gasteiger partial charge in [-0.1, -0.05) is 0 Å². The third-order valence-corrected chi connectivity index (χ3v) is 3.16. The van der Waals surface area contributed by atoms with Crippen molar-refractivity contribution < 1.29 is 14.3 Å². The van der Waals surface area contributed by atoms with Crippen molar-refractivity contribution in [3.63, 3.8) is 0 Å². The van der Waals surface area contributed by atoms with Gasteiger partial charge in [0.2, 0.25) is 0 Å². The first-order valence-electron chi connectivity index (χ1n) is 6.28. The highest BCUT2D eigenvalue weighted by atomic mass is 16.5. The van der Waals surface area contributed by atoms with Gasteiger partial charge in [-0.05, 0) is 18.9 Å². The number of nitrogens with zero attached hydrogens (tertiary/aromatic N) is 2. The lowest BCUT2D eigenvalue weighted by atomic mass is 10.2. The zero-order chi connectivity index (χ0) is 13.8. The van der Waals surface area contributed by atoms with E-state index in [0.717, 1.165) is 19.4 Å². The van der Waals surface area contributed by atoms with E-state index >= 15 is 0 Å². The highest BCUT2D eigenvalue weighted by Crippen LogP contribution is 2.22. The first-order valence-corrected chi connectivity index (χ1v) is 6.28. The first kappa shape index (κ1) is 13.6. The van der Waals surface area contributed by atoms with Crippen molar-refractivity contribution in [2.45, 2.75) is 18.9 Å². The molecule has 0 aromatic carbocycles. The van der Waals surface area contributed by atoms with Gasteiger partial charge < -0.3 is 20.1 Å². The van der Waals surface area contributed by atoms with Crippen LogP contribution in [0, 0.1) is 0 Å². The molecule has 0 bridgehead atoms. The van der Waals surface area contributed by atoms with Gasteiger partial charge in [-0.2, -0.15) is 0 Å². The van der Waals surface area contributed by atoms with Crippen LogP contribution in [-0.2, 0) is 9.47 Å². The third kappa shape index (κ3) is 3.14. The number of carbonyl (C=O) groups is 1. The first-order chi connectivity index (χ1) is 9.11. The molecular formula is C13H19N3O3. The summed E-state index contributed by atoms with van der Waals surface area (Å²) in [6.45, 7) is 1.50. The molecule has 1 aromatic rings. The summed E-state index contributed by atoms with van der Waals surface area (Å²) in [6, 6.07) is 1.58. The molecular weight excluding hydrogens is 246 g/mol. The van der Waals surface area contributed by atoms with E-state index in [4.69, 9.17) is 15.2 Å². The standard InChI is InChI=1S/C13H19N3O3/c1-16(8-10-4-3-5-19-10)12-11(13(17)18-2)6-9(14)7-15-12/h6-7,10H,3-5,8,14H2,1-2H3. The smallest absolute Gasteiger partial charge is 0.341 e. The van der Waals surface area contributed by atoms with Crippen LogP contribution in [0.3, 0.4) is 0 Å².